The lowest BCUT2D eigenvalue weighted by Crippen LogP contribution is -2.42. The van der Waals surface area contributed by atoms with Crippen LogP contribution in [0.1, 0.15) is 44.6 Å². The van der Waals surface area contributed by atoms with Gasteiger partial charge in [-0.25, -0.2) is 0 Å². The second-order valence-electron chi connectivity index (χ2n) is 7.57. The number of carbonyl (C=O) groups excluding carboxylic acids is 2. The first-order chi connectivity index (χ1) is 13.6. The number of furan rings is 1. The van der Waals surface area contributed by atoms with E-state index in [0.717, 1.165) is 53.0 Å². The van der Waals surface area contributed by atoms with E-state index >= 15 is 0 Å². The van der Waals surface area contributed by atoms with E-state index in [-0.39, 0.29) is 18.4 Å². The molecule has 0 radical (unpaired) electrons. The standard InChI is InChI=1S/C23H25NO4/c1-15(23(26)24-18-8-3-2-4-9-18)28-21(25)13-17-14-27-20-12-11-16-7-5-6-10-19(16)22(17)20/h5-7,10-12,14-15,18H,2-4,8-9,13H2,1H3,(H,24,26). The van der Waals surface area contributed by atoms with Crippen molar-refractivity contribution in [1.29, 1.82) is 0 Å². The highest BCUT2D eigenvalue weighted by atomic mass is 16.5. The molecule has 1 N–H and O–H groups in total. The Kier molecular flexibility index (Phi) is 5.33. The molecule has 4 rings (SSSR count). The highest BCUT2D eigenvalue weighted by Gasteiger charge is 2.23. The summed E-state index contributed by atoms with van der Waals surface area (Å²) in [6.07, 6.45) is 6.38. The summed E-state index contributed by atoms with van der Waals surface area (Å²) in [6, 6.07) is 12.1. The zero-order chi connectivity index (χ0) is 19.5. The summed E-state index contributed by atoms with van der Waals surface area (Å²) in [6.45, 7) is 1.62. The predicted octanol–water partition coefficient (Wildman–Crippen LogP) is 4.51. The molecule has 0 spiro atoms. The van der Waals surface area contributed by atoms with Crippen molar-refractivity contribution >= 4 is 33.6 Å². The number of rotatable bonds is 5. The van der Waals surface area contributed by atoms with E-state index in [1.807, 2.05) is 36.4 Å². The van der Waals surface area contributed by atoms with Crippen LogP contribution < -0.4 is 5.32 Å². The minimum atomic E-state index is -0.802. The molecular weight excluding hydrogens is 354 g/mol. The first kappa shape index (κ1) is 18.5. The number of fused-ring (bicyclic) bond motifs is 3. The van der Waals surface area contributed by atoms with Crippen molar-refractivity contribution in [2.45, 2.75) is 57.6 Å². The molecule has 1 atom stereocenters. The van der Waals surface area contributed by atoms with Crippen molar-refractivity contribution in [3.8, 4) is 0 Å². The molecule has 146 valence electrons. The maximum atomic E-state index is 12.5. The topological polar surface area (TPSA) is 68.5 Å². The molecule has 0 aliphatic heterocycles. The van der Waals surface area contributed by atoms with Crippen LogP contribution >= 0.6 is 0 Å². The average molecular weight is 379 g/mol. The fourth-order valence-corrected chi connectivity index (χ4v) is 4.02. The molecule has 1 aliphatic carbocycles. The molecule has 1 amide bonds. The molecule has 1 fully saturated rings. The molecule has 28 heavy (non-hydrogen) atoms. The second kappa shape index (κ2) is 8.05. The van der Waals surface area contributed by atoms with Crippen LogP contribution in [0.3, 0.4) is 0 Å². The number of ether oxygens (including phenoxy) is 1. The van der Waals surface area contributed by atoms with Gasteiger partial charge in [-0.15, -0.1) is 0 Å². The first-order valence-corrected chi connectivity index (χ1v) is 9.99. The highest BCUT2D eigenvalue weighted by molar-refractivity contribution is 6.08. The zero-order valence-electron chi connectivity index (χ0n) is 16.1. The van der Waals surface area contributed by atoms with E-state index in [0.29, 0.717) is 0 Å². The molecule has 3 aromatic rings. The molecule has 2 aromatic carbocycles. The van der Waals surface area contributed by atoms with Gasteiger partial charge < -0.3 is 14.5 Å². The number of amides is 1. The molecule has 1 aliphatic rings. The van der Waals surface area contributed by atoms with Crippen LogP contribution in [0.4, 0.5) is 0 Å². The van der Waals surface area contributed by atoms with E-state index in [9.17, 15) is 9.59 Å². The van der Waals surface area contributed by atoms with E-state index in [4.69, 9.17) is 9.15 Å². The van der Waals surface area contributed by atoms with Crippen LogP contribution in [0.15, 0.2) is 47.1 Å². The zero-order valence-corrected chi connectivity index (χ0v) is 16.1. The predicted molar refractivity (Wildman–Crippen MR) is 108 cm³/mol. The molecule has 0 saturated heterocycles. The van der Waals surface area contributed by atoms with Crippen LogP contribution in [0.5, 0.6) is 0 Å². The van der Waals surface area contributed by atoms with Crippen molar-refractivity contribution in [1.82, 2.24) is 5.32 Å². The number of esters is 1. The number of nitrogens with one attached hydrogen (secondary N) is 1. The molecule has 1 heterocycles. The Morgan fingerprint density at radius 3 is 2.75 bits per heavy atom. The van der Waals surface area contributed by atoms with Gasteiger partial charge in [0.2, 0.25) is 0 Å². The van der Waals surface area contributed by atoms with Gasteiger partial charge >= 0.3 is 5.97 Å². The van der Waals surface area contributed by atoms with Crippen molar-refractivity contribution in [2.75, 3.05) is 0 Å². The van der Waals surface area contributed by atoms with Crippen molar-refractivity contribution in [2.24, 2.45) is 0 Å². The summed E-state index contributed by atoms with van der Waals surface area (Å²) in [5.74, 6) is -0.648. The van der Waals surface area contributed by atoms with Gasteiger partial charge in [-0.05, 0) is 36.6 Å². The minimum Gasteiger partial charge on any atom is -0.464 e. The fourth-order valence-electron chi connectivity index (χ4n) is 4.02. The maximum Gasteiger partial charge on any atom is 0.311 e. The summed E-state index contributed by atoms with van der Waals surface area (Å²) < 4.78 is 11.0. The van der Waals surface area contributed by atoms with Gasteiger partial charge in [-0.2, -0.15) is 0 Å². The van der Waals surface area contributed by atoms with Crippen molar-refractivity contribution in [3.63, 3.8) is 0 Å². The van der Waals surface area contributed by atoms with Gasteiger partial charge in [0, 0.05) is 17.0 Å². The number of hydrogen-bond acceptors (Lipinski definition) is 4. The monoisotopic (exact) mass is 379 g/mol. The van der Waals surface area contributed by atoms with E-state index < -0.39 is 12.1 Å². The highest BCUT2D eigenvalue weighted by Crippen LogP contribution is 2.30. The molecule has 1 aromatic heterocycles. The number of benzene rings is 2. The Hall–Kier alpha value is -2.82. The normalized spacial score (nSPS) is 16.2. The van der Waals surface area contributed by atoms with Crippen LogP contribution in [0, 0.1) is 0 Å². The van der Waals surface area contributed by atoms with Crippen LogP contribution in [0.2, 0.25) is 0 Å². The van der Waals surface area contributed by atoms with Gasteiger partial charge in [0.1, 0.15) is 5.58 Å². The lowest BCUT2D eigenvalue weighted by molar-refractivity contribution is -0.154. The van der Waals surface area contributed by atoms with Gasteiger partial charge in [0.15, 0.2) is 6.10 Å². The maximum absolute atomic E-state index is 12.5. The van der Waals surface area contributed by atoms with Crippen LogP contribution in [0.25, 0.3) is 21.7 Å². The molecule has 0 bridgehead atoms. The summed E-state index contributed by atoms with van der Waals surface area (Å²) in [5.41, 5.74) is 1.52. The molecule has 5 nitrogen and oxygen atoms in total. The molecule has 1 saturated carbocycles. The van der Waals surface area contributed by atoms with E-state index in [2.05, 4.69) is 5.32 Å². The number of carbonyl (C=O) groups is 2. The summed E-state index contributed by atoms with van der Waals surface area (Å²) in [5, 5.41) is 6.06. The van der Waals surface area contributed by atoms with Gasteiger partial charge in [-0.3, -0.25) is 9.59 Å². The van der Waals surface area contributed by atoms with Gasteiger partial charge in [0.05, 0.1) is 12.7 Å². The molecular formula is C23H25NO4. The van der Waals surface area contributed by atoms with E-state index in [1.165, 1.54) is 6.42 Å². The third-order valence-electron chi connectivity index (χ3n) is 5.50. The third kappa shape index (κ3) is 3.88. The Morgan fingerprint density at radius 1 is 1.14 bits per heavy atom. The largest absolute Gasteiger partial charge is 0.464 e. The molecule has 5 heteroatoms. The Labute approximate surface area is 164 Å². The fraction of sp³-hybridized carbons (Fsp3) is 0.391. The van der Waals surface area contributed by atoms with Crippen LogP contribution in [-0.4, -0.2) is 24.0 Å². The minimum absolute atomic E-state index is 0.0715. The summed E-state index contributed by atoms with van der Waals surface area (Å²) in [7, 11) is 0. The van der Waals surface area contributed by atoms with Crippen molar-refractivity contribution in [3.05, 3.63) is 48.2 Å². The average Bonchev–Trinajstić information content (AvgIpc) is 3.12. The van der Waals surface area contributed by atoms with Gasteiger partial charge in [-0.1, -0.05) is 49.6 Å². The van der Waals surface area contributed by atoms with Crippen LogP contribution in [-0.2, 0) is 20.7 Å². The van der Waals surface area contributed by atoms with Gasteiger partial charge in [0.25, 0.3) is 5.91 Å². The third-order valence-corrected chi connectivity index (χ3v) is 5.50. The quantitative estimate of drug-likeness (QED) is 0.662. The Balaban J connectivity index is 1.43. The Bertz CT molecular complexity index is 1000. The molecule has 1 unspecified atom stereocenters. The Morgan fingerprint density at radius 2 is 1.93 bits per heavy atom. The van der Waals surface area contributed by atoms with Crippen molar-refractivity contribution < 1.29 is 18.7 Å². The number of hydrogen-bond donors (Lipinski definition) is 1. The smallest absolute Gasteiger partial charge is 0.311 e. The van der Waals surface area contributed by atoms with E-state index in [1.54, 1.807) is 13.2 Å². The summed E-state index contributed by atoms with van der Waals surface area (Å²) >= 11 is 0. The summed E-state index contributed by atoms with van der Waals surface area (Å²) in [4.78, 5) is 24.8. The SMILES string of the molecule is CC(OC(=O)Cc1coc2ccc3ccccc3c12)C(=O)NC1CCCCC1. The first-order valence-electron chi connectivity index (χ1n) is 9.99. The lowest BCUT2D eigenvalue weighted by atomic mass is 9.95. The lowest BCUT2D eigenvalue weighted by Gasteiger charge is -2.24. The second-order valence-corrected chi connectivity index (χ2v) is 7.57.